The monoisotopic (exact) mass is 337 g/mol. The lowest BCUT2D eigenvalue weighted by Gasteiger charge is -2.18. The molecule has 0 N–H and O–H groups in total. The van der Waals surface area contributed by atoms with Crippen LogP contribution in [0.4, 0.5) is 0 Å². The molecule has 1 unspecified atom stereocenters. The van der Waals surface area contributed by atoms with E-state index in [1.807, 2.05) is 19.1 Å². The molecule has 1 aliphatic rings. The molecule has 1 aromatic heterocycles. The number of amides is 1. The zero-order valence-electron chi connectivity index (χ0n) is 14.2. The van der Waals surface area contributed by atoms with Crippen LogP contribution in [-0.4, -0.2) is 34.6 Å². The lowest BCUT2D eigenvalue weighted by molar-refractivity contribution is 0.0772. The summed E-state index contributed by atoms with van der Waals surface area (Å²) in [5.74, 6) is 0.426. The predicted molar refractivity (Wildman–Crippen MR) is 92.5 cm³/mol. The molecule has 0 radical (unpaired) electrons. The summed E-state index contributed by atoms with van der Waals surface area (Å²) in [7, 11) is 1.72. The fraction of sp³-hybridized carbons (Fsp3) is 0.316. The molecule has 6 heteroatoms. The smallest absolute Gasteiger partial charge is 0.254 e. The molecule has 1 aromatic carbocycles. The van der Waals surface area contributed by atoms with Gasteiger partial charge in [-0.25, -0.2) is 0 Å². The van der Waals surface area contributed by atoms with Gasteiger partial charge in [-0.1, -0.05) is 6.07 Å². The lowest BCUT2D eigenvalue weighted by atomic mass is 10.1. The van der Waals surface area contributed by atoms with Crippen LogP contribution in [0.15, 0.2) is 41.2 Å². The summed E-state index contributed by atoms with van der Waals surface area (Å²) in [5, 5.41) is 8.96. The number of pyridine rings is 1. The van der Waals surface area contributed by atoms with E-state index in [9.17, 15) is 9.59 Å². The molecule has 1 saturated heterocycles. The van der Waals surface area contributed by atoms with Crippen LogP contribution in [0.3, 0.4) is 0 Å². The summed E-state index contributed by atoms with van der Waals surface area (Å²) in [5.41, 5.74) is 1.67. The zero-order valence-corrected chi connectivity index (χ0v) is 14.2. The van der Waals surface area contributed by atoms with Gasteiger partial charge in [0, 0.05) is 37.3 Å². The topological polar surface area (TPSA) is 75.3 Å². The number of carbonyl (C=O) groups excluding carboxylic acids is 1. The normalized spacial score (nSPS) is 16.5. The van der Waals surface area contributed by atoms with Crippen LogP contribution in [0.1, 0.15) is 28.0 Å². The summed E-state index contributed by atoms with van der Waals surface area (Å²) in [4.78, 5) is 26.1. The number of rotatable bonds is 3. The highest BCUT2D eigenvalue weighted by molar-refractivity contribution is 5.94. The predicted octanol–water partition coefficient (Wildman–Crippen LogP) is 1.86. The molecule has 25 heavy (non-hydrogen) atoms. The zero-order chi connectivity index (χ0) is 18.0. The van der Waals surface area contributed by atoms with Gasteiger partial charge in [0.25, 0.3) is 11.5 Å². The van der Waals surface area contributed by atoms with Crippen molar-refractivity contribution in [2.24, 2.45) is 7.05 Å². The molecule has 1 fully saturated rings. The average Bonchev–Trinajstić information content (AvgIpc) is 3.07. The van der Waals surface area contributed by atoms with Gasteiger partial charge < -0.3 is 14.2 Å². The molecule has 1 amide bonds. The van der Waals surface area contributed by atoms with Gasteiger partial charge in [0.05, 0.1) is 18.2 Å². The minimum absolute atomic E-state index is 0.108. The first kappa shape index (κ1) is 16.8. The summed E-state index contributed by atoms with van der Waals surface area (Å²) >= 11 is 0. The molecule has 128 valence electrons. The minimum Gasteiger partial charge on any atom is -0.488 e. The number of hydrogen-bond acceptors (Lipinski definition) is 4. The van der Waals surface area contributed by atoms with Crippen molar-refractivity contribution in [2.75, 3.05) is 13.1 Å². The Morgan fingerprint density at radius 2 is 2.12 bits per heavy atom. The van der Waals surface area contributed by atoms with Gasteiger partial charge in [0.2, 0.25) is 0 Å². The largest absolute Gasteiger partial charge is 0.488 e. The van der Waals surface area contributed by atoms with E-state index in [2.05, 4.69) is 0 Å². The van der Waals surface area contributed by atoms with Crippen LogP contribution in [0.2, 0.25) is 0 Å². The van der Waals surface area contributed by atoms with Gasteiger partial charge in [-0.05, 0) is 31.2 Å². The molecule has 3 rings (SSSR count). The third-order valence-corrected chi connectivity index (χ3v) is 4.45. The van der Waals surface area contributed by atoms with E-state index in [1.165, 1.54) is 6.07 Å². The van der Waals surface area contributed by atoms with Crippen molar-refractivity contribution in [3.63, 3.8) is 0 Å². The molecule has 1 atom stereocenters. The number of carbonyl (C=O) groups is 1. The van der Waals surface area contributed by atoms with Crippen molar-refractivity contribution in [2.45, 2.75) is 19.4 Å². The third-order valence-electron chi connectivity index (χ3n) is 4.45. The number of ether oxygens (including phenoxy) is 1. The molecule has 1 aliphatic heterocycles. The number of nitriles is 1. The SMILES string of the molecule is Cc1cc(OC2CCN(C(=O)c3cccc(C#N)c3)C2)cc(=O)n1C. The van der Waals surface area contributed by atoms with Crippen molar-refractivity contribution in [3.8, 4) is 11.8 Å². The number of nitrogens with zero attached hydrogens (tertiary/aromatic N) is 3. The standard InChI is InChI=1S/C19H19N3O3/c1-13-8-17(10-18(23)21(13)2)25-16-6-7-22(12-16)19(24)15-5-3-4-14(9-15)11-20/h3-5,8-10,16H,6-7,12H2,1-2H3. The number of aromatic nitrogens is 1. The molecule has 0 saturated carbocycles. The number of likely N-dealkylation sites (tertiary alicyclic amines) is 1. The summed E-state index contributed by atoms with van der Waals surface area (Å²) in [6.07, 6.45) is 0.562. The van der Waals surface area contributed by atoms with Gasteiger partial charge in [-0.15, -0.1) is 0 Å². The van der Waals surface area contributed by atoms with Gasteiger partial charge in [-0.2, -0.15) is 5.26 Å². The Kier molecular flexibility index (Phi) is 4.57. The van der Waals surface area contributed by atoms with Crippen LogP contribution in [-0.2, 0) is 7.05 Å². The Labute approximate surface area is 145 Å². The minimum atomic E-state index is -0.144. The Morgan fingerprint density at radius 3 is 2.84 bits per heavy atom. The van der Waals surface area contributed by atoms with Gasteiger partial charge in [-0.3, -0.25) is 9.59 Å². The second-order valence-corrected chi connectivity index (χ2v) is 6.20. The van der Waals surface area contributed by atoms with Crippen molar-refractivity contribution in [1.82, 2.24) is 9.47 Å². The van der Waals surface area contributed by atoms with E-state index in [0.29, 0.717) is 36.4 Å². The molecule has 6 nitrogen and oxygen atoms in total. The van der Waals surface area contributed by atoms with Gasteiger partial charge >= 0.3 is 0 Å². The fourth-order valence-electron chi connectivity index (χ4n) is 2.91. The fourth-order valence-corrected chi connectivity index (χ4v) is 2.91. The quantitative estimate of drug-likeness (QED) is 0.857. The van der Waals surface area contributed by atoms with E-state index in [0.717, 1.165) is 5.69 Å². The molecule has 0 aliphatic carbocycles. The Bertz CT molecular complexity index is 911. The average molecular weight is 337 g/mol. The van der Waals surface area contributed by atoms with Crippen molar-refractivity contribution >= 4 is 5.91 Å². The van der Waals surface area contributed by atoms with Crippen LogP contribution >= 0.6 is 0 Å². The molecule has 0 spiro atoms. The lowest BCUT2D eigenvalue weighted by Crippen LogP contribution is -2.31. The maximum absolute atomic E-state index is 12.6. The Balaban J connectivity index is 1.68. The van der Waals surface area contributed by atoms with Crippen LogP contribution in [0.5, 0.6) is 5.75 Å². The Hall–Kier alpha value is -3.07. The molecule has 2 aromatic rings. The van der Waals surface area contributed by atoms with E-state index < -0.39 is 0 Å². The Morgan fingerprint density at radius 1 is 1.32 bits per heavy atom. The maximum Gasteiger partial charge on any atom is 0.254 e. The first-order valence-electron chi connectivity index (χ1n) is 8.11. The molecule has 2 heterocycles. The second-order valence-electron chi connectivity index (χ2n) is 6.20. The van der Waals surface area contributed by atoms with E-state index in [1.54, 1.807) is 40.8 Å². The highest BCUT2D eigenvalue weighted by Gasteiger charge is 2.28. The van der Waals surface area contributed by atoms with Crippen LogP contribution < -0.4 is 10.3 Å². The first-order chi connectivity index (χ1) is 12.0. The third kappa shape index (κ3) is 3.56. The summed E-state index contributed by atoms with van der Waals surface area (Å²) in [6, 6.07) is 12.0. The van der Waals surface area contributed by atoms with Crippen molar-refractivity contribution < 1.29 is 9.53 Å². The molecular weight excluding hydrogens is 318 g/mol. The van der Waals surface area contributed by atoms with Crippen LogP contribution in [0.25, 0.3) is 0 Å². The highest BCUT2D eigenvalue weighted by atomic mass is 16.5. The van der Waals surface area contributed by atoms with Gasteiger partial charge in [0.1, 0.15) is 11.9 Å². The summed E-state index contributed by atoms with van der Waals surface area (Å²) in [6.45, 7) is 2.90. The number of hydrogen-bond donors (Lipinski definition) is 0. The van der Waals surface area contributed by atoms with Crippen molar-refractivity contribution in [1.29, 1.82) is 5.26 Å². The van der Waals surface area contributed by atoms with Crippen LogP contribution in [0, 0.1) is 18.3 Å². The highest BCUT2D eigenvalue weighted by Crippen LogP contribution is 2.20. The molecular formula is C19H19N3O3. The van der Waals surface area contributed by atoms with Gasteiger partial charge in [0.15, 0.2) is 0 Å². The van der Waals surface area contributed by atoms with E-state index in [-0.39, 0.29) is 17.6 Å². The second kappa shape index (κ2) is 6.81. The van der Waals surface area contributed by atoms with E-state index in [4.69, 9.17) is 10.00 Å². The first-order valence-corrected chi connectivity index (χ1v) is 8.11. The van der Waals surface area contributed by atoms with E-state index >= 15 is 0 Å². The number of aryl methyl sites for hydroxylation is 1. The molecule has 0 bridgehead atoms. The summed E-state index contributed by atoms with van der Waals surface area (Å²) < 4.78 is 7.45. The maximum atomic E-state index is 12.6. The van der Waals surface area contributed by atoms with Crippen molar-refractivity contribution in [3.05, 3.63) is 63.6 Å². The number of benzene rings is 1.